The van der Waals surface area contributed by atoms with Crippen LogP contribution in [-0.4, -0.2) is 23.7 Å². The Kier molecular flexibility index (Phi) is 3.82. The summed E-state index contributed by atoms with van der Waals surface area (Å²) >= 11 is 0. The molecule has 4 heteroatoms. The van der Waals surface area contributed by atoms with Crippen molar-refractivity contribution in [3.8, 4) is 0 Å². The van der Waals surface area contributed by atoms with E-state index in [4.69, 9.17) is 5.73 Å². The van der Waals surface area contributed by atoms with Gasteiger partial charge in [0.05, 0.1) is 0 Å². The molecule has 0 saturated heterocycles. The standard InChI is InChI=1S/C11H16N2O2/c1-7-4-3-5-9(8(7)2)13-11(15)10(14)6-12/h3-5,10,14H,6,12H2,1-2H3,(H,13,15). The highest BCUT2D eigenvalue weighted by atomic mass is 16.3. The Morgan fingerprint density at radius 2 is 2.20 bits per heavy atom. The molecule has 0 aliphatic heterocycles. The maximum Gasteiger partial charge on any atom is 0.254 e. The highest BCUT2D eigenvalue weighted by molar-refractivity contribution is 5.94. The minimum Gasteiger partial charge on any atom is -0.382 e. The van der Waals surface area contributed by atoms with Crippen LogP contribution in [0.25, 0.3) is 0 Å². The highest BCUT2D eigenvalue weighted by Crippen LogP contribution is 2.17. The third-order valence-electron chi connectivity index (χ3n) is 2.39. The minimum atomic E-state index is -1.15. The second-order valence-electron chi connectivity index (χ2n) is 3.49. The molecule has 15 heavy (non-hydrogen) atoms. The van der Waals surface area contributed by atoms with Gasteiger partial charge >= 0.3 is 0 Å². The molecule has 1 aromatic carbocycles. The lowest BCUT2D eigenvalue weighted by atomic mass is 10.1. The van der Waals surface area contributed by atoms with E-state index in [-0.39, 0.29) is 6.54 Å². The van der Waals surface area contributed by atoms with Crippen molar-refractivity contribution < 1.29 is 9.90 Å². The number of nitrogens with one attached hydrogen (secondary N) is 1. The second kappa shape index (κ2) is 4.91. The summed E-state index contributed by atoms with van der Waals surface area (Å²) in [4.78, 5) is 11.4. The van der Waals surface area contributed by atoms with Gasteiger partial charge < -0.3 is 16.2 Å². The molecule has 1 aromatic rings. The summed E-state index contributed by atoms with van der Waals surface area (Å²) < 4.78 is 0. The van der Waals surface area contributed by atoms with Crippen LogP contribution in [0, 0.1) is 13.8 Å². The van der Waals surface area contributed by atoms with Crippen LogP contribution in [0.2, 0.25) is 0 Å². The molecule has 0 aromatic heterocycles. The molecule has 0 bridgehead atoms. The van der Waals surface area contributed by atoms with Gasteiger partial charge in [0, 0.05) is 12.2 Å². The van der Waals surface area contributed by atoms with Crippen molar-refractivity contribution in [3.05, 3.63) is 29.3 Å². The number of hydrogen-bond donors (Lipinski definition) is 3. The summed E-state index contributed by atoms with van der Waals surface area (Å²) in [6, 6.07) is 5.61. The zero-order valence-corrected chi connectivity index (χ0v) is 8.95. The van der Waals surface area contributed by atoms with E-state index in [0.717, 1.165) is 11.1 Å². The van der Waals surface area contributed by atoms with Crippen molar-refractivity contribution >= 4 is 11.6 Å². The summed E-state index contributed by atoms with van der Waals surface area (Å²) in [5.41, 5.74) is 7.99. The second-order valence-corrected chi connectivity index (χ2v) is 3.49. The number of aryl methyl sites for hydroxylation is 1. The Morgan fingerprint density at radius 3 is 2.80 bits per heavy atom. The van der Waals surface area contributed by atoms with Crippen LogP contribution in [0.3, 0.4) is 0 Å². The van der Waals surface area contributed by atoms with Crippen LogP contribution in [0.15, 0.2) is 18.2 Å². The Bertz CT molecular complexity index is 364. The van der Waals surface area contributed by atoms with Gasteiger partial charge in [-0.2, -0.15) is 0 Å². The summed E-state index contributed by atoms with van der Waals surface area (Å²) in [6.45, 7) is 3.81. The molecule has 0 aliphatic carbocycles. The van der Waals surface area contributed by atoms with Gasteiger partial charge in [0.25, 0.3) is 5.91 Å². The van der Waals surface area contributed by atoms with Crippen molar-refractivity contribution in [2.75, 3.05) is 11.9 Å². The third-order valence-corrected chi connectivity index (χ3v) is 2.39. The normalized spacial score (nSPS) is 12.3. The first-order valence-electron chi connectivity index (χ1n) is 4.81. The molecule has 0 aliphatic rings. The van der Waals surface area contributed by atoms with Gasteiger partial charge in [0.15, 0.2) is 0 Å². The smallest absolute Gasteiger partial charge is 0.254 e. The van der Waals surface area contributed by atoms with Gasteiger partial charge in [-0.05, 0) is 31.0 Å². The monoisotopic (exact) mass is 208 g/mol. The number of hydrogen-bond acceptors (Lipinski definition) is 3. The molecular weight excluding hydrogens is 192 g/mol. The number of rotatable bonds is 3. The summed E-state index contributed by atoms with van der Waals surface area (Å²) in [5.74, 6) is -0.466. The number of amides is 1. The predicted octanol–water partition coefficient (Wildman–Crippen LogP) is 0.562. The number of benzene rings is 1. The zero-order valence-electron chi connectivity index (χ0n) is 8.95. The lowest BCUT2D eigenvalue weighted by Gasteiger charge is -2.12. The fourth-order valence-electron chi connectivity index (χ4n) is 1.21. The van der Waals surface area contributed by atoms with Crippen LogP contribution in [-0.2, 0) is 4.79 Å². The Labute approximate surface area is 89.1 Å². The maximum atomic E-state index is 11.4. The van der Waals surface area contributed by atoms with Gasteiger partial charge in [-0.1, -0.05) is 12.1 Å². The number of carbonyl (C=O) groups is 1. The lowest BCUT2D eigenvalue weighted by Crippen LogP contribution is -2.34. The van der Waals surface area contributed by atoms with E-state index in [0.29, 0.717) is 5.69 Å². The number of anilines is 1. The van der Waals surface area contributed by atoms with Crippen LogP contribution in [0.4, 0.5) is 5.69 Å². The fourth-order valence-corrected chi connectivity index (χ4v) is 1.21. The summed E-state index contributed by atoms with van der Waals surface area (Å²) in [6.07, 6.45) is -1.15. The fraction of sp³-hybridized carbons (Fsp3) is 0.364. The third kappa shape index (κ3) is 2.78. The molecule has 1 rings (SSSR count). The average Bonchev–Trinajstić information content (AvgIpc) is 2.23. The zero-order chi connectivity index (χ0) is 11.4. The lowest BCUT2D eigenvalue weighted by molar-refractivity contribution is -0.123. The predicted molar refractivity (Wildman–Crippen MR) is 59.6 cm³/mol. The molecule has 4 N–H and O–H groups in total. The van der Waals surface area contributed by atoms with Crippen molar-refractivity contribution in [3.63, 3.8) is 0 Å². The van der Waals surface area contributed by atoms with Gasteiger partial charge in [0.2, 0.25) is 0 Å². The van der Waals surface area contributed by atoms with Crippen LogP contribution < -0.4 is 11.1 Å². The van der Waals surface area contributed by atoms with E-state index in [1.54, 1.807) is 6.07 Å². The summed E-state index contributed by atoms with van der Waals surface area (Å²) in [7, 11) is 0. The van der Waals surface area contributed by atoms with Crippen LogP contribution >= 0.6 is 0 Å². The highest BCUT2D eigenvalue weighted by Gasteiger charge is 2.13. The quantitative estimate of drug-likeness (QED) is 0.679. The Hall–Kier alpha value is -1.39. The molecule has 0 spiro atoms. The SMILES string of the molecule is Cc1cccc(NC(=O)C(O)CN)c1C. The van der Waals surface area contributed by atoms with Crippen molar-refractivity contribution in [1.29, 1.82) is 0 Å². The van der Waals surface area contributed by atoms with Crippen molar-refractivity contribution in [1.82, 2.24) is 0 Å². The Balaban J connectivity index is 2.81. The number of aliphatic hydroxyl groups is 1. The van der Waals surface area contributed by atoms with Crippen LogP contribution in [0.1, 0.15) is 11.1 Å². The largest absolute Gasteiger partial charge is 0.382 e. The van der Waals surface area contributed by atoms with Gasteiger partial charge in [-0.25, -0.2) is 0 Å². The molecule has 0 saturated carbocycles. The topological polar surface area (TPSA) is 75.3 Å². The van der Waals surface area contributed by atoms with Crippen molar-refractivity contribution in [2.24, 2.45) is 5.73 Å². The molecule has 1 atom stereocenters. The minimum absolute atomic E-state index is 0.0727. The molecule has 1 amide bonds. The van der Waals surface area contributed by atoms with E-state index in [2.05, 4.69) is 5.32 Å². The van der Waals surface area contributed by atoms with Gasteiger partial charge in [0.1, 0.15) is 6.10 Å². The van der Waals surface area contributed by atoms with Gasteiger partial charge in [-0.3, -0.25) is 4.79 Å². The molecule has 1 unspecified atom stereocenters. The molecule has 4 nitrogen and oxygen atoms in total. The van der Waals surface area contributed by atoms with E-state index in [1.807, 2.05) is 26.0 Å². The maximum absolute atomic E-state index is 11.4. The molecule has 0 radical (unpaired) electrons. The first-order valence-corrected chi connectivity index (χ1v) is 4.81. The first-order chi connectivity index (χ1) is 7.06. The number of nitrogens with two attached hydrogens (primary N) is 1. The molecule has 0 heterocycles. The van der Waals surface area contributed by atoms with E-state index >= 15 is 0 Å². The van der Waals surface area contributed by atoms with E-state index in [1.165, 1.54) is 0 Å². The average molecular weight is 208 g/mol. The number of aliphatic hydroxyl groups excluding tert-OH is 1. The van der Waals surface area contributed by atoms with E-state index in [9.17, 15) is 9.90 Å². The molecule has 0 fully saturated rings. The van der Waals surface area contributed by atoms with Crippen molar-refractivity contribution in [2.45, 2.75) is 20.0 Å². The van der Waals surface area contributed by atoms with Crippen LogP contribution in [0.5, 0.6) is 0 Å². The molecular formula is C11H16N2O2. The van der Waals surface area contributed by atoms with Gasteiger partial charge in [-0.15, -0.1) is 0 Å². The summed E-state index contributed by atoms with van der Waals surface area (Å²) in [5, 5.41) is 11.8. The Morgan fingerprint density at radius 1 is 1.53 bits per heavy atom. The van der Waals surface area contributed by atoms with E-state index < -0.39 is 12.0 Å². The number of carbonyl (C=O) groups excluding carboxylic acids is 1. The molecule has 82 valence electrons. The first kappa shape index (κ1) is 11.7.